The van der Waals surface area contributed by atoms with Crippen LogP contribution in [0.4, 0.5) is 0 Å². The molecule has 1 aliphatic rings. The molecule has 5 nitrogen and oxygen atoms in total. The van der Waals surface area contributed by atoms with Crippen molar-refractivity contribution in [3.05, 3.63) is 95.7 Å². The lowest BCUT2D eigenvalue weighted by molar-refractivity contribution is 0.0717. The summed E-state index contributed by atoms with van der Waals surface area (Å²) in [6, 6.07) is 25.1. The van der Waals surface area contributed by atoms with E-state index in [1.807, 2.05) is 60.7 Å². The summed E-state index contributed by atoms with van der Waals surface area (Å²) in [4.78, 5) is 15.2. The SMILES string of the molecule is O=C(c1ccc2c(c1)OCCO2)N(Cc1ccccc1)Cc1cc2ccccc2o1. The topological polar surface area (TPSA) is 51.9 Å². The fourth-order valence-electron chi connectivity index (χ4n) is 3.67. The third-order valence-electron chi connectivity index (χ3n) is 5.12. The third kappa shape index (κ3) is 3.74. The Morgan fingerprint density at radius 1 is 0.800 bits per heavy atom. The highest BCUT2D eigenvalue weighted by Crippen LogP contribution is 2.31. The fourth-order valence-corrected chi connectivity index (χ4v) is 3.67. The summed E-state index contributed by atoms with van der Waals surface area (Å²) < 4.78 is 17.2. The third-order valence-corrected chi connectivity index (χ3v) is 5.12. The smallest absolute Gasteiger partial charge is 0.254 e. The average molecular weight is 399 g/mol. The molecule has 0 fully saturated rings. The second-order valence-corrected chi connectivity index (χ2v) is 7.26. The van der Waals surface area contributed by atoms with Crippen molar-refractivity contribution in [2.45, 2.75) is 13.1 Å². The molecule has 3 aromatic carbocycles. The number of para-hydroxylation sites is 1. The van der Waals surface area contributed by atoms with E-state index in [0.717, 1.165) is 22.3 Å². The number of nitrogens with zero attached hydrogens (tertiary/aromatic N) is 1. The monoisotopic (exact) mass is 399 g/mol. The predicted molar refractivity (Wildman–Crippen MR) is 114 cm³/mol. The van der Waals surface area contributed by atoms with Gasteiger partial charge in [-0.2, -0.15) is 0 Å². The van der Waals surface area contributed by atoms with Crippen LogP contribution in [0.2, 0.25) is 0 Å². The molecule has 1 amide bonds. The molecular formula is C25H21NO4. The molecule has 0 unspecified atom stereocenters. The summed E-state index contributed by atoms with van der Waals surface area (Å²) in [5.41, 5.74) is 2.43. The van der Waals surface area contributed by atoms with Crippen molar-refractivity contribution in [3.8, 4) is 11.5 Å². The van der Waals surface area contributed by atoms with Crippen LogP contribution in [0.3, 0.4) is 0 Å². The van der Waals surface area contributed by atoms with Gasteiger partial charge in [0.1, 0.15) is 24.6 Å². The minimum atomic E-state index is -0.0868. The first-order chi connectivity index (χ1) is 14.8. The number of carbonyl (C=O) groups is 1. The first-order valence-corrected chi connectivity index (χ1v) is 9.96. The quantitative estimate of drug-likeness (QED) is 0.471. The maximum absolute atomic E-state index is 13.4. The Balaban J connectivity index is 1.46. The predicted octanol–water partition coefficient (Wildman–Crippen LogP) is 5.05. The molecule has 30 heavy (non-hydrogen) atoms. The molecule has 0 saturated heterocycles. The van der Waals surface area contributed by atoms with Crippen LogP contribution in [-0.4, -0.2) is 24.0 Å². The average Bonchev–Trinajstić information content (AvgIpc) is 3.21. The van der Waals surface area contributed by atoms with Gasteiger partial charge in [0.15, 0.2) is 11.5 Å². The van der Waals surface area contributed by atoms with Crippen LogP contribution in [0.25, 0.3) is 11.0 Å². The van der Waals surface area contributed by atoms with Gasteiger partial charge >= 0.3 is 0 Å². The zero-order valence-electron chi connectivity index (χ0n) is 16.4. The molecule has 1 aromatic heterocycles. The molecule has 1 aliphatic heterocycles. The van der Waals surface area contributed by atoms with Crippen molar-refractivity contribution in [2.24, 2.45) is 0 Å². The molecule has 0 aliphatic carbocycles. The van der Waals surface area contributed by atoms with Gasteiger partial charge in [0.05, 0.1) is 6.54 Å². The number of benzene rings is 3. The number of rotatable bonds is 5. The van der Waals surface area contributed by atoms with E-state index in [-0.39, 0.29) is 5.91 Å². The van der Waals surface area contributed by atoms with E-state index in [1.165, 1.54) is 0 Å². The van der Waals surface area contributed by atoms with Crippen molar-refractivity contribution in [1.29, 1.82) is 0 Å². The zero-order chi connectivity index (χ0) is 20.3. The highest BCUT2D eigenvalue weighted by atomic mass is 16.6. The maximum atomic E-state index is 13.4. The summed E-state index contributed by atoms with van der Waals surface area (Å²) in [5.74, 6) is 1.94. The zero-order valence-corrected chi connectivity index (χ0v) is 16.4. The minimum absolute atomic E-state index is 0.0868. The molecule has 4 aromatic rings. The number of hydrogen-bond acceptors (Lipinski definition) is 4. The largest absolute Gasteiger partial charge is 0.486 e. The Kier molecular flexibility index (Phi) is 4.85. The van der Waals surface area contributed by atoms with Gasteiger partial charge in [-0.05, 0) is 35.9 Å². The van der Waals surface area contributed by atoms with Crippen LogP contribution in [0.15, 0.2) is 83.3 Å². The van der Waals surface area contributed by atoms with Crippen molar-refractivity contribution >= 4 is 16.9 Å². The van der Waals surface area contributed by atoms with Gasteiger partial charge < -0.3 is 18.8 Å². The molecule has 150 valence electrons. The van der Waals surface area contributed by atoms with E-state index in [2.05, 4.69) is 0 Å². The lowest BCUT2D eigenvalue weighted by atomic mass is 10.1. The van der Waals surface area contributed by atoms with E-state index >= 15 is 0 Å². The first-order valence-electron chi connectivity index (χ1n) is 9.96. The molecule has 5 heteroatoms. The number of furan rings is 1. The molecule has 0 saturated carbocycles. The van der Waals surface area contributed by atoms with Crippen LogP contribution < -0.4 is 9.47 Å². The van der Waals surface area contributed by atoms with Crippen LogP contribution >= 0.6 is 0 Å². The Morgan fingerprint density at radius 3 is 2.40 bits per heavy atom. The van der Waals surface area contributed by atoms with Crippen LogP contribution in [0.5, 0.6) is 11.5 Å². The molecular weight excluding hydrogens is 378 g/mol. The molecule has 5 rings (SSSR count). The Morgan fingerprint density at radius 2 is 1.57 bits per heavy atom. The van der Waals surface area contributed by atoms with Gasteiger partial charge in [-0.3, -0.25) is 4.79 Å². The summed E-state index contributed by atoms with van der Waals surface area (Å²) >= 11 is 0. The molecule has 0 bridgehead atoms. The molecule has 2 heterocycles. The van der Waals surface area contributed by atoms with Gasteiger partial charge in [0.2, 0.25) is 0 Å². The lowest BCUT2D eigenvalue weighted by Crippen LogP contribution is -2.30. The molecule has 0 radical (unpaired) electrons. The fraction of sp³-hybridized carbons (Fsp3) is 0.160. The molecule has 0 atom stereocenters. The Hall–Kier alpha value is -3.73. The van der Waals surface area contributed by atoms with Crippen molar-refractivity contribution in [1.82, 2.24) is 4.90 Å². The van der Waals surface area contributed by atoms with Gasteiger partial charge in [-0.15, -0.1) is 0 Å². The van der Waals surface area contributed by atoms with E-state index in [9.17, 15) is 4.79 Å². The van der Waals surface area contributed by atoms with Crippen LogP contribution in [0.1, 0.15) is 21.7 Å². The van der Waals surface area contributed by atoms with Gasteiger partial charge in [0, 0.05) is 17.5 Å². The number of amides is 1. The van der Waals surface area contributed by atoms with Crippen LogP contribution in [0, 0.1) is 0 Å². The summed E-state index contributed by atoms with van der Waals surface area (Å²) in [6.45, 7) is 1.85. The van der Waals surface area contributed by atoms with Gasteiger partial charge in [-0.25, -0.2) is 0 Å². The summed E-state index contributed by atoms with van der Waals surface area (Å²) in [5, 5.41) is 1.03. The van der Waals surface area contributed by atoms with Crippen molar-refractivity contribution < 1.29 is 18.7 Å². The highest BCUT2D eigenvalue weighted by Gasteiger charge is 2.21. The van der Waals surface area contributed by atoms with E-state index in [0.29, 0.717) is 43.4 Å². The van der Waals surface area contributed by atoms with E-state index in [1.54, 1.807) is 23.1 Å². The highest BCUT2D eigenvalue weighted by molar-refractivity contribution is 5.95. The van der Waals surface area contributed by atoms with Gasteiger partial charge in [-0.1, -0.05) is 48.5 Å². The Labute approximate surface area is 174 Å². The van der Waals surface area contributed by atoms with Crippen LogP contribution in [-0.2, 0) is 13.1 Å². The standard InChI is InChI=1S/C25H21NO4/c27-25(20-10-11-23-24(15-20)29-13-12-28-23)26(16-18-6-2-1-3-7-18)17-21-14-19-8-4-5-9-22(19)30-21/h1-11,14-15H,12-13,16-17H2. The lowest BCUT2D eigenvalue weighted by Gasteiger charge is -2.23. The second-order valence-electron chi connectivity index (χ2n) is 7.26. The van der Waals surface area contributed by atoms with E-state index in [4.69, 9.17) is 13.9 Å². The second kappa shape index (κ2) is 7.95. The van der Waals surface area contributed by atoms with Crippen molar-refractivity contribution in [3.63, 3.8) is 0 Å². The number of hydrogen-bond donors (Lipinski definition) is 0. The summed E-state index contributed by atoms with van der Waals surface area (Å²) in [6.07, 6.45) is 0. The Bertz CT molecular complexity index is 1150. The number of ether oxygens (including phenoxy) is 2. The van der Waals surface area contributed by atoms with Crippen molar-refractivity contribution in [2.75, 3.05) is 13.2 Å². The number of fused-ring (bicyclic) bond motifs is 2. The first kappa shape index (κ1) is 18.3. The van der Waals surface area contributed by atoms with E-state index < -0.39 is 0 Å². The number of carbonyl (C=O) groups excluding carboxylic acids is 1. The molecule has 0 spiro atoms. The van der Waals surface area contributed by atoms with Gasteiger partial charge in [0.25, 0.3) is 5.91 Å². The normalized spacial score (nSPS) is 12.7. The minimum Gasteiger partial charge on any atom is -0.486 e. The summed E-state index contributed by atoms with van der Waals surface area (Å²) in [7, 11) is 0. The molecule has 0 N–H and O–H groups in total. The maximum Gasteiger partial charge on any atom is 0.254 e.